The van der Waals surface area contributed by atoms with Crippen molar-refractivity contribution in [1.29, 1.82) is 0 Å². The summed E-state index contributed by atoms with van der Waals surface area (Å²) in [6.07, 6.45) is -3.55. The molecule has 0 saturated carbocycles. The lowest BCUT2D eigenvalue weighted by Crippen LogP contribution is -2.13. The van der Waals surface area contributed by atoms with Gasteiger partial charge in [-0.25, -0.2) is 9.37 Å². The van der Waals surface area contributed by atoms with E-state index in [4.69, 9.17) is 0 Å². The Morgan fingerprint density at radius 1 is 0.920 bits per heavy atom. The van der Waals surface area contributed by atoms with Gasteiger partial charge in [0.05, 0.1) is 10.5 Å². The fourth-order valence-electron chi connectivity index (χ4n) is 2.02. The Bertz CT molecular complexity index is 995. The second-order valence-electron chi connectivity index (χ2n) is 4.97. The molecule has 3 aromatic rings. The first-order chi connectivity index (χ1) is 11.7. The molecule has 0 spiro atoms. The summed E-state index contributed by atoms with van der Waals surface area (Å²) in [6, 6.07) is 8.12. The summed E-state index contributed by atoms with van der Waals surface area (Å²) in [5.74, 6) is -0.651. The fraction of sp³-hybridized carbons (Fsp3) is 0.0667. The van der Waals surface area contributed by atoms with Crippen LogP contribution in [0, 0.1) is 5.82 Å². The second kappa shape index (κ2) is 5.96. The molecule has 3 rings (SSSR count). The first-order valence-corrected chi connectivity index (χ1v) is 8.22. The maximum atomic E-state index is 12.9. The monoisotopic (exact) mass is 371 g/mol. The van der Waals surface area contributed by atoms with Crippen molar-refractivity contribution in [2.24, 2.45) is 0 Å². The number of hydrogen-bond acceptors (Lipinski definition) is 4. The number of alkyl halides is 3. The molecule has 130 valence electrons. The van der Waals surface area contributed by atoms with Crippen molar-refractivity contribution in [2.45, 2.75) is 11.1 Å². The Kier molecular flexibility index (Phi) is 4.07. The molecule has 5 nitrogen and oxygen atoms in total. The molecule has 2 aromatic carbocycles. The maximum absolute atomic E-state index is 12.9. The van der Waals surface area contributed by atoms with E-state index in [-0.39, 0.29) is 16.3 Å². The smallest absolute Gasteiger partial charge is 0.214 e. The molecule has 0 aliphatic rings. The van der Waals surface area contributed by atoms with Crippen LogP contribution in [0.4, 0.5) is 17.6 Å². The molecule has 1 heterocycles. The molecule has 1 aromatic heterocycles. The van der Waals surface area contributed by atoms with Gasteiger partial charge in [0, 0.05) is 5.56 Å². The summed E-state index contributed by atoms with van der Waals surface area (Å²) in [6.45, 7) is 0. The highest BCUT2D eigenvalue weighted by Gasteiger charge is 2.30. The number of aromatic nitrogens is 3. The average molecular weight is 371 g/mol. The van der Waals surface area contributed by atoms with Crippen molar-refractivity contribution in [3.8, 4) is 11.4 Å². The van der Waals surface area contributed by atoms with E-state index in [0.29, 0.717) is 4.09 Å². The van der Waals surface area contributed by atoms with E-state index in [1.165, 1.54) is 0 Å². The molecule has 0 atom stereocenters. The molecule has 0 bridgehead atoms. The summed E-state index contributed by atoms with van der Waals surface area (Å²) in [5.41, 5.74) is -0.615. The molecule has 0 N–H and O–H groups in total. The Hall–Kier alpha value is -2.75. The molecular weight excluding hydrogens is 362 g/mol. The van der Waals surface area contributed by atoms with Crippen LogP contribution in [0.15, 0.2) is 59.8 Å². The van der Waals surface area contributed by atoms with Gasteiger partial charge in [-0.2, -0.15) is 21.6 Å². The zero-order valence-corrected chi connectivity index (χ0v) is 13.1. The van der Waals surface area contributed by atoms with Crippen LogP contribution < -0.4 is 0 Å². The van der Waals surface area contributed by atoms with Crippen molar-refractivity contribution in [3.05, 3.63) is 66.2 Å². The molecule has 0 unspecified atom stereocenters. The van der Waals surface area contributed by atoms with E-state index in [1.807, 2.05) is 0 Å². The molecular formula is C15H9F4N3O2S. The first-order valence-electron chi connectivity index (χ1n) is 6.78. The second-order valence-corrected chi connectivity index (χ2v) is 6.77. The topological polar surface area (TPSA) is 64.8 Å². The van der Waals surface area contributed by atoms with Gasteiger partial charge in [0.25, 0.3) is 10.0 Å². The molecule has 0 amide bonds. The Labute approximate surface area is 139 Å². The largest absolute Gasteiger partial charge is 0.416 e. The summed E-state index contributed by atoms with van der Waals surface area (Å²) in [5, 5.41) is 3.79. The number of nitrogens with zero attached hydrogens (tertiary/aromatic N) is 3. The van der Waals surface area contributed by atoms with E-state index in [0.717, 1.165) is 54.9 Å². The number of halogens is 4. The quantitative estimate of drug-likeness (QED) is 0.663. The first kappa shape index (κ1) is 17.1. The highest BCUT2D eigenvalue weighted by atomic mass is 32.2. The van der Waals surface area contributed by atoms with Crippen LogP contribution in [0.5, 0.6) is 0 Å². The van der Waals surface area contributed by atoms with Crippen LogP contribution in [-0.2, 0) is 16.2 Å². The predicted molar refractivity (Wildman–Crippen MR) is 79.4 cm³/mol. The van der Waals surface area contributed by atoms with E-state index in [2.05, 4.69) is 10.1 Å². The Balaban J connectivity index is 1.93. The van der Waals surface area contributed by atoms with Gasteiger partial charge in [-0.3, -0.25) is 0 Å². The van der Waals surface area contributed by atoms with Gasteiger partial charge >= 0.3 is 6.18 Å². The molecule has 0 aliphatic heterocycles. The van der Waals surface area contributed by atoms with E-state index in [9.17, 15) is 26.0 Å². The van der Waals surface area contributed by atoms with Crippen molar-refractivity contribution in [3.63, 3.8) is 0 Å². The lowest BCUT2D eigenvalue weighted by atomic mass is 10.1. The van der Waals surface area contributed by atoms with Crippen LogP contribution in [-0.4, -0.2) is 22.6 Å². The third-order valence-electron chi connectivity index (χ3n) is 3.30. The van der Waals surface area contributed by atoms with Crippen LogP contribution in [0.1, 0.15) is 5.56 Å². The van der Waals surface area contributed by atoms with Gasteiger partial charge in [0.1, 0.15) is 12.1 Å². The van der Waals surface area contributed by atoms with Gasteiger partial charge in [0.15, 0.2) is 5.82 Å². The molecule has 0 aliphatic carbocycles. The minimum Gasteiger partial charge on any atom is -0.214 e. The lowest BCUT2D eigenvalue weighted by Gasteiger charge is -2.06. The molecule has 0 saturated heterocycles. The number of benzene rings is 2. The number of rotatable bonds is 3. The Morgan fingerprint density at radius 3 is 2.08 bits per heavy atom. The highest BCUT2D eigenvalue weighted by Crippen LogP contribution is 2.30. The minimum absolute atomic E-state index is 0.0561. The normalized spacial score (nSPS) is 12.3. The van der Waals surface area contributed by atoms with Crippen LogP contribution in [0.3, 0.4) is 0 Å². The van der Waals surface area contributed by atoms with Crippen molar-refractivity contribution >= 4 is 10.0 Å². The van der Waals surface area contributed by atoms with E-state index < -0.39 is 27.6 Å². The van der Waals surface area contributed by atoms with Crippen molar-refractivity contribution in [2.75, 3.05) is 0 Å². The zero-order chi connectivity index (χ0) is 18.2. The zero-order valence-electron chi connectivity index (χ0n) is 12.3. The summed E-state index contributed by atoms with van der Waals surface area (Å²) < 4.78 is 75.9. The van der Waals surface area contributed by atoms with Crippen LogP contribution in [0.25, 0.3) is 11.4 Å². The molecule has 10 heteroatoms. The van der Waals surface area contributed by atoms with Gasteiger partial charge < -0.3 is 0 Å². The maximum Gasteiger partial charge on any atom is 0.416 e. The van der Waals surface area contributed by atoms with Crippen molar-refractivity contribution in [1.82, 2.24) is 14.2 Å². The molecule has 0 fully saturated rings. The summed E-state index contributed by atoms with van der Waals surface area (Å²) in [7, 11) is -4.08. The Morgan fingerprint density at radius 2 is 1.52 bits per heavy atom. The third-order valence-corrected chi connectivity index (χ3v) is 4.84. The third kappa shape index (κ3) is 3.38. The summed E-state index contributed by atoms with van der Waals surface area (Å²) >= 11 is 0. The summed E-state index contributed by atoms with van der Waals surface area (Å²) in [4.78, 5) is 3.61. The van der Waals surface area contributed by atoms with Gasteiger partial charge in [-0.05, 0) is 36.4 Å². The molecule has 0 radical (unpaired) electrons. The van der Waals surface area contributed by atoms with Crippen LogP contribution >= 0.6 is 0 Å². The van der Waals surface area contributed by atoms with Gasteiger partial charge in [0.2, 0.25) is 0 Å². The minimum atomic E-state index is -4.47. The van der Waals surface area contributed by atoms with Crippen molar-refractivity contribution < 1.29 is 26.0 Å². The van der Waals surface area contributed by atoms with Gasteiger partial charge in [-0.15, -0.1) is 9.19 Å². The van der Waals surface area contributed by atoms with E-state index in [1.54, 1.807) is 0 Å². The molecule has 25 heavy (non-hydrogen) atoms. The van der Waals surface area contributed by atoms with Crippen LogP contribution in [0.2, 0.25) is 0 Å². The highest BCUT2D eigenvalue weighted by molar-refractivity contribution is 7.89. The SMILES string of the molecule is O=S(=O)(c1ccc(F)cc1)n1cnc(-c2ccc(C(F)(F)F)cc2)n1. The average Bonchev–Trinajstić information content (AvgIpc) is 3.05. The van der Waals surface area contributed by atoms with E-state index >= 15 is 0 Å². The standard InChI is InChI=1S/C15H9F4N3O2S/c16-12-5-7-13(8-6-12)25(23,24)22-9-20-14(21-22)10-1-3-11(4-2-10)15(17,18)19/h1-9H. The lowest BCUT2D eigenvalue weighted by molar-refractivity contribution is -0.137. The number of hydrogen-bond donors (Lipinski definition) is 0. The van der Waals surface area contributed by atoms with Gasteiger partial charge in [-0.1, -0.05) is 12.1 Å². The fourth-order valence-corrected chi connectivity index (χ4v) is 3.07. The predicted octanol–water partition coefficient (Wildman–Crippen LogP) is 3.34.